The van der Waals surface area contributed by atoms with Crippen LogP contribution in [0.3, 0.4) is 0 Å². The Kier molecular flexibility index (Phi) is 5.63. The molecule has 1 aliphatic heterocycles. The smallest absolute Gasteiger partial charge is 0.409 e. The van der Waals surface area contributed by atoms with E-state index in [0.717, 1.165) is 5.39 Å². The van der Waals surface area contributed by atoms with Crippen molar-refractivity contribution < 1.29 is 19.1 Å². The Morgan fingerprint density at radius 2 is 1.74 bits per heavy atom. The van der Waals surface area contributed by atoms with Crippen molar-refractivity contribution in [3.63, 3.8) is 0 Å². The van der Waals surface area contributed by atoms with E-state index in [9.17, 15) is 14.4 Å². The number of fused-ring (bicyclic) bond motifs is 1. The summed E-state index contributed by atoms with van der Waals surface area (Å²) in [6.45, 7) is 3.75. The number of hydrogen-bond donors (Lipinski definition) is 0. The molecule has 27 heavy (non-hydrogen) atoms. The lowest BCUT2D eigenvalue weighted by molar-refractivity contribution is -0.133. The molecule has 0 spiro atoms. The number of amides is 2. The number of carbonyl (C=O) groups is 2. The molecule has 0 N–H and O–H groups in total. The van der Waals surface area contributed by atoms with Gasteiger partial charge in [0.1, 0.15) is 12.3 Å². The molecule has 1 fully saturated rings. The highest BCUT2D eigenvalue weighted by Crippen LogP contribution is 2.22. The van der Waals surface area contributed by atoms with E-state index in [-0.39, 0.29) is 24.1 Å². The van der Waals surface area contributed by atoms with Gasteiger partial charge < -0.3 is 23.8 Å². The summed E-state index contributed by atoms with van der Waals surface area (Å²) in [5.41, 5.74) is -0.232. The van der Waals surface area contributed by atoms with Crippen LogP contribution in [0.15, 0.2) is 35.3 Å². The maximum absolute atomic E-state index is 12.7. The average Bonchev–Trinajstić information content (AvgIpc) is 2.70. The number of piperazine rings is 1. The maximum Gasteiger partial charge on any atom is 0.409 e. The molecule has 0 aliphatic carbocycles. The molecule has 8 heteroatoms. The van der Waals surface area contributed by atoms with E-state index in [4.69, 9.17) is 9.47 Å². The van der Waals surface area contributed by atoms with Gasteiger partial charge in [0, 0.05) is 37.8 Å². The molecule has 144 valence electrons. The number of pyridine rings is 1. The largest absolute Gasteiger partial charge is 0.496 e. The second-order valence-corrected chi connectivity index (χ2v) is 6.24. The summed E-state index contributed by atoms with van der Waals surface area (Å²) in [4.78, 5) is 40.3. The second-order valence-electron chi connectivity index (χ2n) is 6.24. The van der Waals surface area contributed by atoms with Gasteiger partial charge in [0.25, 0.3) is 5.56 Å². The minimum Gasteiger partial charge on any atom is -0.496 e. The minimum atomic E-state index is -0.357. The Morgan fingerprint density at radius 1 is 1.04 bits per heavy atom. The molecule has 2 heterocycles. The molecule has 1 aromatic heterocycles. The van der Waals surface area contributed by atoms with Gasteiger partial charge in [-0.3, -0.25) is 9.59 Å². The predicted molar refractivity (Wildman–Crippen MR) is 99.9 cm³/mol. The van der Waals surface area contributed by atoms with Crippen molar-refractivity contribution in [2.75, 3.05) is 39.9 Å². The van der Waals surface area contributed by atoms with Crippen LogP contribution in [-0.2, 0) is 16.1 Å². The minimum absolute atomic E-state index is 0.0363. The lowest BCUT2D eigenvalue weighted by Gasteiger charge is -2.34. The maximum atomic E-state index is 12.7. The van der Waals surface area contributed by atoms with Crippen LogP contribution >= 0.6 is 0 Å². The van der Waals surface area contributed by atoms with Crippen LogP contribution in [0, 0.1) is 0 Å². The lowest BCUT2D eigenvalue weighted by atomic mass is 10.1. The summed E-state index contributed by atoms with van der Waals surface area (Å²) < 4.78 is 11.7. The van der Waals surface area contributed by atoms with Crippen LogP contribution in [0.4, 0.5) is 4.79 Å². The van der Waals surface area contributed by atoms with Crippen LogP contribution in [0.5, 0.6) is 5.75 Å². The highest BCUT2D eigenvalue weighted by molar-refractivity contribution is 5.87. The summed E-state index contributed by atoms with van der Waals surface area (Å²) in [6, 6.07) is 7.05. The molecule has 0 bridgehead atoms. The molecule has 1 aliphatic rings. The first kappa shape index (κ1) is 18.8. The van der Waals surface area contributed by atoms with Crippen molar-refractivity contribution in [1.82, 2.24) is 14.4 Å². The average molecular weight is 373 g/mol. The van der Waals surface area contributed by atoms with Crippen molar-refractivity contribution in [2.45, 2.75) is 13.5 Å². The Morgan fingerprint density at radius 3 is 2.41 bits per heavy atom. The third-order valence-corrected chi connectivity index (χ3v) is 4.66. The zero-order chi connectivity index (χ0) is 19.4. The van der Waals surface area contributed by atoms with Crippen LogP contribution in [-0.4, -0.2) is 66.3 Å². The topological polar surface area (TPSA) is 81.1 Å². The van der Waals surface area contributed by atoms with Gasteiger partial charge in [-0.1, -0.05) is 6.07 Å². The van der Waals surface area contributed by atoms with Crippen molar-refractivity contribution in [2.24, 2.45) is 0 Å². The number of aromatic nitrogens is 1. The Labute approximate surface area is 156 Å². The van der Waals surface area contributed by atoms with E-state index < -0.39 is 0 Å². The van der Waals surface area contributed by atoms with E-state index in [1.54, 1.807) is 54.3 Å². The first-order valence-electron chi connectivity index (χ1n) is 8.90. The quantitative estimate of drug-likeness (QED) is 0.807. The van der Waals surface area contributed by atoms with Gasteiger partial charge in [-0.05, 0) is 25.1 Å². The molecule has 2 aromatic rings. The Hall–Kier alpha value is -3.03. The summed E-state index contributed by atoms with van der Waals surface area (Å²) >= 11 is 0. The van der Waals surface area contributed by atoms with E-state index in [1.165, 1.54) is 4.57 Å². The number of hydrogen-bond acceptors (Lipinski definition) is 5. The van der Waals surface area contributed by atoms with Crippen molar-refractivity contribution in [3.8, 4) is 5.75 Å². The van der Waals surface area contributed by atoms with Gasteiger partial charge in [0.2, 0.25) is 5.91 Å². The van der Waals surface area contributed by atoms with Crippen molar-refractivity contribution in [3.05, 3.63) is 40.8 Å². The third-order valence-electron chi connectivity index (χ3n) is 4.66. The van der Waals surface area contributed by atoms with Gasteiger partial charge in [0.05, 0.1) is 19.1 Å². The fraction of sp³-hybridized carbons (Fsp3) is 0.421. The van der Waals surface area contributed by atoms with Crippen molar-refractivity contribution in [1.29, 1.82) is 0 Å². The molecular weight excluding hydrogens is 350 g/mol. The first-order chi connectivity index (χ1) is 13.0. The number of ether oxygens (including phenoxy) is 2. The predicted octanol–water partition coefficient (Wildman–Crippen LogP) is 1.31. The van der Waals surface area contributed by atoms with Crippen LogP contribution in [0.1, 0.15) is 6.92 Å². The molecule has 0 saturated carbocycles. The SMILES string of the molecule is CCOC(=O)N1CCN(C(=O)Cn2ccc3c(OC)cccc3c2=O)CC1. The van der Waals surface area contributed by atoms with E-state index in [0.29, 0.717) is 43.9 Å². The summed E-state index contributed by atoms with van der Waals surface area (Å²) in [5.74, 6) is 0.473. The van der Waals surface area contributed by atoms with E-state index >= 15 is 0 Å². The van der Waals surface area contributed by atoms with Crippen LogP contribution in [0.25, 0.3) is 10.8 Å². The second kappa shape index (κ2) is 8.11. The molecule has 1 aromatic carbocycles. The summed E-state index contributed by atoms with van der Waals surface area (Å²) in [5, 5.41) is 1.23. The number of rotatable bonds is 4. The van der Waals surface area contributed by atoms with Crippen molar-refractivity contribution >= 4 is 22.8 Å². The molecule has 0 atom stereocenters. The fourth-order valence-electron chi connectivity index (χ4n) is 3.19. The van der Waals surface area contributed by atoms with Gasteiger partial charge in [0.15, 0.2) is 0 Å². The number of methoxy groups -OCH3 is 1. The number of benzene rings is 1. The molecule has 3 rings (SSSR count). The molecular formula is C19H23N3O5. The Balaban J connectivity index is 1.69. The number of nitrogens with zero attached hydrogens (tertiary/aromatic N) is 3. The summed E-state index contributed by atoms with van der Waals surface area (Å²) in [6.07, 6.45) is 1.25. The standard InChI is InChI=1S/C19H23N3O5/c1-3-27-19(25)21-11-9-20(10-12-21)17(23)13-22-8-7-14-15(18(22)24)5-4-6-16(14)26-2/h4-8H,3,9-13H2,1-2H3. The number of carbonyl (C=O) groups excluding carboxylic acids is 2. The summed E-state index contributed by atoms with van der Waals surface area (Å²) in [7, 11) is 1.56. The van der Waals surface area contributed by atoms with E-state index in [2.05, 4.69) is 0 Å². The first-order valence-corrected chi connectivity index (χ1v) is 8.90. The van der Waals surface area contributed by atoms with Crippen LogP contribution in [0.2, 0.25) is 0 Å². The lowest BCUT2D eigenvalue weighted by Crippen LogP contribution is -2.51. The Bertz CT molecular complexity index is 900. The highest BCUT2D eigenvalue weighted by atomic mass is 16.6. The molecule has 0 unspecified atom stereocenters. The van der Waals surface area contributed by atoms with Crippen LogP contribution < -0.4 is 10.3 Å². The molecule has 2 amide bonds. The highest BCUT2D eigenvalue weighted by Gasteiger charge is 2.25. The zero-order valence-electron chi connectivity index (χ0n) is 15.5. The van der Waals surface area contributed by atoms with Gasteiger partial charge >= 0.3 is 6.09 Å². The molecule has 0 radical (unpaired) electrons. The molecule has 1 saturated heterocycles. The molecule has 8 nitrogen and oxygen atoms in total. The monoisotopic (exact) mass is 373 g/mol. The fourth-order valence-corrected chi connectivity index (χ4v) is 3.19. The normalized spacial score (nSPS) is 14.3. The van der Waals surface area contributed by atoms with Gasteiger partial charge in [-0.25, -0.2) is 4.79 Å². The van der Waals surface area contributed by atoms with E-state index in [1.807, 2.05) is 0 Å². The third kappa shape index (κ3) is 3.89. The zero-order valence-corrected chi connectivity index (χ0v) is 15.5. The van der Waals surface area contributed by atoms with Gasteiger partial charge in [-0.2, -0.15) is 0 Å². The van der Waals surface area contributed by atoms with Gasteiger partial charge in [-0.15, -0.1) is 0 Å².